The van der Waals surface area contributed by atoms with Gasteiger partial charge in [0, 0.05) is 38.4 Å². The van der Waals surface area contributed by atoms with E-state index >= 15 is 0 Å². The number of rotatable bonds is 5. The molecule has 1 atom stereocenters. The fraction of sp³-hybridized carbons (Fsp3) is 0.611. The fourth-order valence-electron chi connectivity index (χ4n) is 2.91. The Morgan fingerprint density at radius 2 is 2.00 bits per heavy atom. The van der Waals surface area contributed by atoms with Crippen LogP contribution in [0, 0.1) is 19.8 Å². The number of likely N-dealkylation sites (tertiary alicyclic amines) is 1. The van der Waals surface area contributed by atoms with Gasteiger partial charge in [0.2, 0.25) is 5.91 Å². The van der Waals surface area contributed by atoms with E-state index in [1.54, 1.807) is 0 Å². The summed E-state index contributed by atoms with van der Waals surface area (Å²) in [5.41, 5.74) is 2.39. The molecule has 1 saturated heterocycles. The fourth-order valence-corrected chi connectivity index (χ4v) is 2.91. The zero-order valence-corrected chi connectivity index (χ0v) is 15.4. The minimum absolute atomic E-state index is 0. The molecule has 1 heterocycles. The van der Waals surface area contributed by atoms with Gasteiger partial charge in [0.1, 0.15) is 11.9 Å². The van der Waals surface area contributed by atoms with Gasteiger partial charge in [-0.2, -0.15) is 0 Å². The quantitative estimate of drug-likeness (QED) is 0.896. The van der Waals surface area contributed by atoms with E-state index in [-0.39, 0.29) is 30.3 Å². The van der Waals surface area contributed by atoms with Gasteiger partial charge < -0.3 is 15.0 Å². The minimum Gasteiger partial charge on any atom is -0.490 e. The van der Waals surface area contributed by atoms with Crippen LogP contribution in [-0.4, -0.2) is 43.6 Å². The van der Waals surface area contributed by atoms with Crippen molar-refractivity contribution in [3.63, 3.8) is 0 Å². The number of piperidine rings is 1. The molecule has 0 saturated carbocycles. The van der Waals surface area contributed by atoms with Crippen LogP contribution in [0.2, 0.25) is 0 Å². The predicted molar refractivity (Wildman–Crippen MR) is 96.5 cm³/mol. The molecule has 1 aliphatic rings. The van der Waals surface area contributed by atoms with Crippen LogP contribution in [0.25, 0.3) is 0 Å². The number of carbonyl (C=O) groups excluding carboxylic acids is 1. The van der Waals surface area contributed by atoms with Crippen LogP contribution < -0.4 is 10.1 Å². The van der Waals surface area contributed by atoms with Gasteiger partial charge in [-0.1, -0.05) is 19.1 Å². The second-order valence-corrected chi connectivity index (χ2v) is 6.37. The molecule has 1 N–H and O–H groups in total. The molecule has 1 fully saturated rings. The molecule has 130 valence electrons. The lowest BCUT2D eigenvalue weighted by Gasteiger charge is -2.34. The number of nitrogens with zero attached hydrogens (tertiary/aromatic N) is 1. The van der Waals surface area contributed by atoms with Gasteiger partial charge in [-0.25, -0.2) is 0 Å². The molecule has 2 rings (SSSR count). The third-order valence-electron chi connectivity index (χ3n) is 4.32. The Labute approximate surface area is 146 Å². The number of halogens is 1. The monoisotopic (exact) mass is 340 g/mol. The van der Waals surface area contributed by atoms with Crippen molar-refractivity contribution in [2.45, 2.75) is 39.7 Å². The van der Waals surface area contributed by atoms with Gasteiger partial charge in [-0.15, -0.1) is 12.4 Å². The Kier molecular flexibility index (Phi) is 7.86. The summed E-state index contributed by atoms with van der Waals surface area (Å²) in [5.74, 6) is 1.27. The van der Waals surface area contributed by atoms with Crippen molar-refractivity contribution in [1.29, 1.82) is 0 Å². The van der Waals surface area contributed by atoms with Gasteiger partial charge in [0.15, 0.2) is 0 Å². The van der Waals surface area contributed by atoms with Gasteiger partial charge in [0.05, 0.1) is 0 Å². The van der Waals surface area contributed by atoms with E-state index in [1.807, 2.05) is 18.9 Å². The number of benzene rings is 1. The van der Waals surface area contributed by atoms with E-state index in [1.165, 1.54) is 11.1 Å². The second kappa shape index (κ2) is 9.14. The molecule has 1 amide bonds. The SMILES string of the molecule is CNCC(C)C(=O)N1CCC(Oc2cc(C)ccc2C)CC1.Cl. The average molecular weight is 341 g/mol. The lowest BCUT2D eigenvalue weighted by Crippen LogP contribution is -2.45. The van der Waals surface area contributed by atoms with E-state index in [0.717, 1.165) is 38.2 Å². The molecule has 1 aromatic rings. The highest BCUT2D eigenvalue weighted by Gasteiger charge is 2.26. The maximum absolute atomic E-state index is 12.3. The highest BCUT2D eigenvalue weighted by atomic mass is 35.5. The zero-order valence-electron chi connectivity index (χ0n) is 14.6. The first-order valence-electron chi connectivity index (χ1n) is 8.18. The molecule has 1 aromatic carbocycles. The molecule has 23 heavy (non-hydrogen) atoms. The maximum atomic E-state index is 12.3. The smallest absolute Gasteiger partial charge is 0.226 e. The number of aryl methyl sites for hydroxylation is 2. The summed E-state index contributed by atoms with van der Waals surface area (Å²) in [6, 6.07) is 6.30. The normalized spacial score (nSPS) is 16.6. The summed E-state index contributed by atoms with van der Waals surface area (Å²) >= 11 is 0. The molecule has 0 aromatic heterocycles. The Bertz CT molecular complexity index is 514. The second-order valence-electron chi connectivity index (χ2n) is 6.37. The molecule has 4 nitrogen and oxygen atoms in total. The van der Waals surface area contributed by atoms with Gasteiger partial charge in [0.25, 0.3) is 0 Å². The highest BCUT2D eigenvalue weighted by Crippen LogP contribution is 2.24. The number of amides is 1. The lowest BCUT2D eigenvalue weighted by atomic mass is 10.0. The van der Waals surface area contributed by atoms with Crippen LogP contribution in [0.3, 0.4) is 0 Å². The van der Waals surface area contributed by atoms with Crippen molar-refractivity contribution in [3.8, 4) is 5.75 Å². The van der Waals surface area contributed by atoms with Crippen molar-refractivity contribution in [2.24, 2.45) is 5.92 Å². The van der Waals surface area contributed by atoms with Crippen molar-refractivity contribution in [1.82, 2.24) is 10.2 Å². The van der Waals surface area contributed by atoms with Crippen molar-refractivity contribution < 1.29 is 9.53 Å². The van der Waals surface area contributed by atoms with E-state index in [0.29, 0.717) is 0 Å². The summed E-state index contributed by atoms with van der Waals surface area (Å²) in [7, 11) is 1.88. The number of ether oxygens (including phenoxy) is 1. The summed E-state index contributed by atoms with van der Waals surface area (Å²) in [6.07, 6.45) is 2.03. The Balaban J connectivity index is 0.00000264. The summed E-state index contributed by atoms with van der Waals surface area (Å²) in [5, 5.41) is 3.07. The third kappa shape index (κ3) is 5.40. The molecule has 5 heteroatoms. The van der Waals surface area contributed by atoms with Crippen LogP contribution in [0.4, 0.5) is 0 Å². The van der Waals surface area contributed by atoms with Crippen molar-refractivity contribution in [3.05, 3.63) is 29.3 Å². The maximum Gasteiger partial charge on any atom is 0.226 e. The Morgan fingerprint density at radius 1 is 1.35 bits per heavy atom. The van der Waals surface area contributed by atoms with Gasteiger partial charge >= 0.3 is 0 Å². The van der Waals surface area contributed by atoms with Gasteiger partial charge in [-0.3, -0.25) is 4.79 Å². The molecule has 0 radical (unpaired) electrons. The Hall–Kier alpha value is -1.26. The van der Waals surface area contributed by atoms with Crippen LogP contribution in [0.1, 0.15) is 30.9 Å². The highest BCUT2D eigenvalue weighted by molar-refractivity contribution is 5.85. The number of nitrogens with one attached hydrogen (secondary N) is 1. The lowest BCUT2D eigenvalue weighted by molar-refractivity contribution is -0.136. The first-order chi connectivity index (χ1) is 10.5. The number of hydrogen-bond acceptors (Lipinski definition) is 3. The first kappa shape index (κ1) is 19.8. The van der Waals surface area contributed by atoms with Crippen LogP contribution in [0.5, 0.6) is 5.75 Å². The molecule has 1 aliphatic heterocycles. The minimum atomic E-state index is 0. The number of hydrogen-bond donors (Lipinski definition) is 1. The average Bonchev–Trinajstić information content (AvgIpc) is 2.51. The van der Waals surface area contributed by atoms with E-state index in [9.17, 15) is 4.79 Å². The predicted octanol–water partition coefficient (Wildman–Crippen LogP) is 2.95. The third-order valence-corrected chi connectivity index (χ3v) is 4.32. The number of carbonyl (C=O) groups is 1. The van der Waals surface area contributed by atoms with Crippen LogP contribution in [-0.2, 0) is 4.79 Å². The van der Waals surface area contributed by atoms with Crippen LogP contribution in [0.15, 0.2) is 18.2 Å². The van der Waals surface area contributed by atoms with Crippen molar-refractivity contribution in [2.75, 3.05) is 26.7 Å². The molecular weight excluding hydrogens is 312 g/mol. The Morgan fingerprint density at radius 3 is 2.61 bits per heavy atom. The molecule has 0 aliphatic carbocycles. The van der Waals surface area contributed by atoms with Crippen molar-refractivity contribution >= 4 is 18.3 Å². The van der Waals surface area contributed by atoms with Crippen LogP contribution >= 0.6 is 12.4 Å². The summed E-state index contributed by atoms with van der Waals surface area (Å²) in [4.78, 5) is 14.3. The van der Waals surface area contributed by atoms with E-state index < -0.39 is 0 Å². The standard InChI is InChI=1S/C18H28N2O2.ClH/c1-13-5-6-14(2)17(11-13)22-16-7-9-20(10-8-16)18(21)15(3)12-19-4;/h5-6,11,15-16,19H,7-10,12H2,1-4H3;1H. The summed E-state index contributed by atoms with van der Waals surface area (Å²) < 4.78 is 6.15. The molecule has 0 spiro atoms. The topological polar surface area (TPSA) is 41.6 Å². The molecule has 1 unspecified atom stereocenters. The zero-order chi connectivity index (χ0) is 16.1. The van der Waals surface area contributed by atoms with Gasteiger partial charge in [-0.05, 0) is 38.1 Å². The van der Waals surface area contributed by atoms with E-state index in [2.05, 4.69) is 37.4 Å². The molecular formula is C18H29ClN2O2. The largest absolute Gasteiger partial charge is 0.490 e. The first-order valence-corrected chi connectivity index (χ1v) is 8.18. The van der Waals surface area contributed by atoms with E-state index in [4.69, 9.17) is 4.74 Å². The molecule has 0 bridgehead atoms. The summed E-state index contributed by atoms with van der Waals surface area (Å²) in [6.45, 7) is 8.46.